The van der Waals surface area contributed by atoms with E-state index in [9.17, 15) is 9.90 Å². The Bertz CT molecular complexity index is 373. The molecule has 0 aliphatic rings. The summed E-state index contributed by atoms with van der Waals surface area (Å²) in [7, 11) is 1.83. The summed E-state index contributed by atoms with van der Waals surface area (Å²) in [5, 5.41) is 17.9. The van der Waals surface area contributed by atoms with Crippen molar-refractivity contribution < 1.29 is 15.0 Å². The van der Waals surface area contributed by atoms with Gasteiger partial charge in [0.2, 0.25) is 0 Å². The van der Waals surface area contributed by atoms with Crippen LogP contribution in [0.3, 0.4) is 0 Å². The lowest BCUT2D eigenvalue weighted by molar-refractivity contribution is 0.0690. The molecule has 0 radical (unpaired) electrons. The lowest BCUT2D eigenvalue weighted by Gasteiger charge is -2.35. The second-order valence-corrected chi connectivity index (χ2v) is 4.24. The number of nitrogens with zero attached hydrogens (tertiary/aromatic N) is 2. The Hall–Kier alpha value is -1.62. The number of aliphatic hydroxyl groups excluding tert-OH is 1. The Morgan fingerprint density at radius 2 is 2.12 bits per heavy atom. The van der Waals surface area contributed by atoms with Crippen LogP contribution in [0.15, 0.2) is 18.3 Å². The van der Waals surface area contributed by atoms with Crippen LogP contribution in [0.1, 0.15) is 24.3 Å². The quantitative estimate of drug-likeness (QED) is 0.797. The van der Waals surface area contributed by atoms with Gasteiger partial charge in [0.05, 0.1) is 24.0 Å². The van der Waals surface area contributed by atoms with Gasteiger partial charge < -0.3 is 15.1 Å². The van der Waals surface area contributed by atoms with Crippen molar-refractivity contribution in [1.29, 1.82) is 0 Å². The molecule has 0 atom stereocenters. The van der Waals surface area contributed by atoms with E-state index in [-0.39, 0.29) is 12.3 Å². The van der Waals surface area contributed by atoms with E-state index in [1.54, 1.807) is 6.07 Å². The zero-order valence-corrected chi connectivity index (χ0v) is 9.64. The molecular weight excluding hydrogens is 208 g/mol. The Labute approximate surface area is 94.4 Å². The van der Waals surface area contributed by atoms with Crippen LogP contribution in [0.5, 0.6) is 0 Å². The molecule has 0 bridgehead atoms. The van der Waals surface area contributed by atoms with E-state index in [0.29, 0.717) is 0 Å². The van der Waals surface area contributed by atoms with Crippen LogP contribution >= 0.6 is 0 Å². The minimum Gasteiger partial charge on any atom is -0.477 e. The third-order valence-electron chi connectivity index (χ3n) is 2.65. The minimum absolute atomic E-state index is 0.00415. The molecule has 0 aliphatic carbocycles. The molecule has 1 aromatic rings. The topological polar surface area (TPSA) is 73.7 Å². The highest BCUT2D eigenvalue weighted by Crippen LogP contribution is 2.20. The highest BCUT2D eigenvalue weighted by atomic mass is 16.4. The van der Waals surface area contributed by atoms with Crippen molar-refractivity contribution in [1.82, 2.24) is 4.98 Å². The summed E-state index contributed by atoms with van der Waals surface area (Å²) in [6, 6.07) is 3.12. The van der Waals surface area contributed by atoms with Crippen LogP contribution in [0.25, 0.3) is 0 Å². The zero-order chi connectivity index (χ0) is 12.3. The van der Waals surface area contributed by atoms with Crippen LogP contribution in [0, 0.1) is 0 Å². The molecule has 88 valence electrons. The van der Waals surface area contributed by atoms with Gasteiger partial charge in [0.25, 0.3) is 0 Å². The lowest BCUT2D eigenvalue weighted by atomic mass is 10.0. The van der Waals surface area contributed by atoms with Crippen molar-refractivity contribution >= 4 is 11.7 Å². The smallest absolute Gasteiger partial charge is 0.354 e. The molecule has 2 N–H and O–H groups in total. The van der Waals surface area contributed by atoms with Crippen molar-refractivity contribution in [2.24, 2.45) is 0 Å². The highest BCUT2D eigenvalue weighted by Gasteiger charge is 2.23. The van der Waals surface area contributed by atoms with Gasteiger partial charge in [-0.2, -0.15) is 0 Å². The first-order valence-corrected chi connectivity index (χ1v) is 4.92. The first-order chi connectivity index (χ1) is 7.38. The van der Waals surface area contributed by atoms with E-state index in [1.807, 2.05) is 25.8 Å². The number of hydrogen-bond donors (Lipinski definition) is 2. The highest BCUT2D eigenvalue weighted by molar-refractivity contribution is 5.85. The van der Waals surface area contributed by atoms with Crippen LogP contribution < -0.4 is 4.90 Å². The predicted octanol–water partition coefficient (Wildman–Crippen LogP) is 0.987. The Kier molecular flexibility index (Phi) is 3.49. The lowest BCUT2D eigenvalue weighted by Crippen LogP contribution is -2.44. The largest absolute Gasteiger partial charge is 0.477 e. The molecule has 0 aromatic carbocycles. The maximum absolute atomic E-state index is 10.6. The monoisotopic (exact) mass is 224 g/mol. The van der Waals surface area contributed by atoms with Gasteiger partial charge in [0, 0.05) is 7.05 Å². The number of aliphatic hydroxyl groups is 1. The summed E-state index contributed by atoms with van der Waals surface area (Å²) in [4.78, 5) is 16.3. The van der Waals surface area contributed by atoms with Crippen molar-refractivity contribution in [2.45, 2.75) is 19.4 Å². The predicted molar refractivity (Wildman–Crippen MR) is 60.8 cm³/mol. The molecule has 0 amide bonds. The molecule has 0 spiro atoms. The summed E-state index contributed by atoms with van der Waals surface area (Å²) in [6.07, 6.45) is 1.49. The fourth-order valence-corrected chi connectivity index (χ4v) is 1.17. The van der Waals surface area contributed by atoms with Gasteiger partial charge >= 0.3 is 5.97 Å². The summed E-state index contributed by atoms with van der Waals surface area (Å²) in [5.41, 5.74) is 0.370. The summed E-state index contributed by atoms with van der Waals surface area (Å²) >= 11 is 0. The number of hydrogen-bond acceptors (Lipinski definition) is 4. The third kappa shape index (κ3) is 2.49. The Morgan fingerprint density at radius 1 is 1.50 bits per heavy atom. The molecule has 1 rings (SSSR count). The molecule has 5 nitrogen and oxygen atoms in total. The first kappa shape index (κ1) is 12.4. The van der Waals surface area contributed by atoms with Crippen molar-refractivity contribution in [2.75, 3.05) is 18.6 Å². The van der Waals surface area contributed by atoms with Crippen LogP contribution in [-0.2, 0) is 0 Å². The fraction of sp³-hybridized carbons (Fsp3) is 0.455. The Balaban J connectivity index is 2.94. The van der Waals surface area contributed by atoms with E-state index in [4.69, 9.17) is 5.11 Å². The number of carboxylic acid groups (broad SMARTS) is 1. The number of pyridine rings is 1. The molecule has 0 unspecified atom stereocenters. The molecule has 1 heterocycles. The first-order valence-electron chi connectivity index (χ1n) is 4.92. The van der Waals surface area contributed by atoms with Gasteiger partial charge in [-0.1, -0.05) is 0 Å². The minimum atomic E-state index is -1.05. The number of carbonyl (C=O) groups is 1. The van der Waals surface area contributed by atoms with E-state index in [0.717, 1.165) is 5.69 Å². The van der Waals surface area contributed by atoms with E-state index >= 15 is 0 Å². The van der Waals surface area contributed by atoms with Crippen LogP contribution in [0.2, 0.25) is 0 Å². The molecule has 0 saturated carbocycles. The van der Waals surface area contributed by atoms with Crippen LogP contribution in [0.4, 0.5) is 5.69 Å². The van der Waals surface area contributed by atoms with Gasteiger partial charge in [-0.25, -0.2) is 9.78 Å². The normalized spacial score (nSPS) is 11.2. The number of aromatic nitrogens is 1. The van der Waals surface area contributed by atoms with Gasteiger partial charge in [-0.15, -0.1) is 0 Å². The van der Waals surface area contributed by atoms with Gasteiger partial charge in [0.15, 0.2) is 0 Å². The molecule has 0 aliphatic heterocycles. The van der Waals surface area contributed by atoms with Gasteiger partial charge in [-0.3, -0.25) is 0 Å². The average molecular weight is 224 g/mol. The average Bonchev–Trinajstić information content (AvgIpc) is 2.28. The number of anilines is 1. The SMILES string of the molecule is CN(c1ccc(C(=O)O)nc1)C(C)(C)CO. The standard InChI is InChI=1S/C11H16N2O3/c1-11(2,7-14)13(3)8-4-5-9(10(15)16)12-6-8/h4-6,14H,7H2,1-3H3,(H,15,16). The van der Waals surface area contributed by atoms with E-state index in [1.165, 1.54) is 12.3 Å². The maximum atomic E-state index is 10.6. The van der Waals surface area contributed by atoms with Crippen molar-refractivity contribution in [3.8, 4) is 0 Å². The van der Waals surface area contributed by atoms with E-state index in [2.05, 4.69) is 4.98 Å². The second-order valence-electron chi connectivity index (χ2n) is 4.24. The zero-order valence-electron chi connectivity index (χ0n) is 9.64. The molecule has 0 saturated heterocycles. The maximum Gasteiger partial charge on any atom is 0.354 e. The number of rotatable bonds is 4. The third-order valence-corrected chi connectivity index (χ3v) is 2.65. The van der Waals surface area contributed by atoms with Gasteiger partial charge in [0.1, 0.15) is 5.69 Å². The summed E-state index contributed by atoms with van der Waals surface area (Å²) in [6.45, 7) is 3.78. The molecule has 0 fully saturated rings. The van der Waals surface area contributed by atoms with E-state index < -0.39 is 11.5 Å². The second kappa shape index (κ2) is 4.49. The molecule has 5 heteroatoms. The summed E-state index contributed by atoms with van der Waals surface area (Å²) in [5.74, 6) is -1.05. The molecular formula is C11H16N2O3. The Morgan fingerprint density at radius 3 is 2.50 bits per heavy atom. The molecule has 1 aromatic heterocycles. The van der Waals surface area contributed by atoms with Crippen molar-refractivity contribution in [3.63, 3.8) is 0 Å². The fourth-order valence-electron chi connectivity index (χ4n) is 1.17. The van der Waals surface area contributed by atoms with Crippen LogP contribution in [-0.4, -0.2) is 40.4 Å². The number of likely N-dealkylation sites (N-methyl/N-ethyl adjacent to an activating group) is 1. The van der Waals surface area contributed by atoms with Gasteiger partial charge in [-0.05, 0) is 26.0 Å². The van der Waals surface area contributed by atoms with Crippen molar-refractivity contribution in [3.05, 3.63) is 24.0 Å². The molecule has 16 heavy (non-hydrogen) atoms. The summed E-state index contributed by atoms with van der Waals surface area (Å²) < 4.78 is 0. The number of aromatic carboxylic acids is 1. The number of carboxylic acids is 1.